The number of rotatable bonds is 5. The number of likely N-dealkylation sites (N-methyl/N-ethyl adjacent to an activating group) is 1. The molecule has 0 unspecified atom stereocenters. The average molecular weight is 334 g/mol. The number of hydrogen-bond donors (Lipinski definition) is 0. The van der Waals surface area contributed by atoms with Crippen molar-refractivity contribution in [1.82, 2.24) is 19.6 Å². The Bertz CT molecular complexity index is 627. The van der Waals surface area contributed by atoms with Crippen molar-refractivity contribution in [3.8, 4) is 0 Å². The third-order valence-electron chi connectivity index (χ3n) is 5.02. The molecule has 2 amide bonds. The lowest BCUT2D eigenvalue weighted by Gasteiger charge is -2.32. The van der Waals surface area contributed by atoms with Gasteiger partial charge in [-0.3, -0.25) is 14.3 Å². The van der Waals surface area contributed by atoms with Crippen LogP contribution in [0.5, 0.6) is 0 Å². The van der Waals surface area contributed by atoms with E-state index in [1.807, 2.05) is 36.8 Å². The van der Waals surface area contributed by atoms with Crippen molar-refractivity contribution >= 4 is 11.8 Å². The van der Waals surface area contributed by atoms with Crippen molar-refractivity contribution < 1.29 is 14.3 Å². The number of carbonyl (C=O) groups excluding carboxylic acids is 2. The molecule has 0 saturated carbocycles. The van der Waals surface area contributed by atoms with Crippen LogP contribution in [-0.2, 0) is 16.1 Å². The number of nitrogens with zero attached hydrogens (tertiary/aromatic N) is 4. The molecule has 7 nitrogen and oxygen atoms in total. The zero-order valence-corrected chi connectivity index (χ0v) is 14.7. The van der Waals surface area contributed by atoms with Gasteiger partial charge in [-0.05, 0) is 32.8 Å². The largest absolute Gasteiger partial charge is 0.380 e. The van der Waals surface area contributed by atoms with Crippen LogP contribution in [0.1, 0.15) is 35.9 Å². The molecule has 1 aromatic rings. The van der Waals surface area contributed by atoms with E-state index in [4.69, 9.17) is 4.74 Å². The number of fused-ring (bicyclic) bond motifs is 4. The summed E-state index contributed by atoms with van der Waals surface area (Å²) < 4.78 is 7.11. The number of hydrogen-bond acceptors (Lipinski definition) is 4. The molecule has 24 heavy (non-hydrogen) atoms. The first-order valence-corrected chi connectivity index (χ1v) is 8.69. The predicted molar refractivity (Wildman–Crippen MR) is 88.6 cm³/mol. The Morgan fingerprint density at radius 1 is 1.38 bits per heavy atom. The summed E-state index contributed by atoms with van der Waals surface area (Å²) in [6, 6.07) is 1.95. The quantitative estimate of drug-likeness (QED) is 0.751. The van der Waals surface area contributed by atoms with E-state index in [0.717, 1.165) is 18.5 Å². The first-order chi connectivity index (χ1) is 11.5. The Labute approximate surface area is 142 Å². The first-order valence-electron chi connectivity index (χ1n) is 8.69. The summed E-state index contributed by atoms with van der Waals surface area (Å²) in [5.41, 5.74) is 1.41. The number of amides is 2. The smallest absolute Gasteiger partial charge is 0.272 e. The van der Waals surface area contributed by atoms with Crippen molar-refractivity contribution in [2.24, 2.45) is 5.92 Å². The number of aryl methyl sites for hydroxylation is 1. The van der Waals surface area contributed by atoms with E-state index >= 15 is 0 Å². The number of ether oxygens (including phenoxy) is 1. The zero-order chi connectivity index (χ0) is 17.3. The number of piperidine rings is 1. The molecule has 3 saturated heterocycles. The van der Waals surface area contributed by atoms with Crippen LogP contribution in [0.25, 0.3) is 0 Å². The molecule has 3 aliphatic heterocycles. The van der Waals surface area contributed by atoms with Gasteiger partial charge in [0, 0.05) is 32.8 Å². The molecular formula is C17H26N4O3. The minimum Gasteiger partial charge on any atom is -0.380 e. The van der Waals surface area contributed by atoms with Crippen LogP contribution >= 0.6 is 0 Å². The van der Waals surface area contributed by atoms with Gasteiger partial charge in [0.15, 0.2) is 0 Å². The molecule has 0 aromatic carbocycles. The lowest BCUT2D eigenvalue weighted by Crippen LogP contribution is -2.45. The molecule has 0 radical (unpaired) electrons. The summed E-state index contributed by atoms with van der Waals surface area (Å²) in [5, 5.41) is 4.42. The molecule has 1 aromatic heterocycles. The summed E-state index contributed by atoms with van der Waals surface area (Å²) in [6.07, 6.45) is 1.85. The van der Waals surface area contributed by atoms with Gasteiger partial charge < -0.3 is 14.5 Å². The van der Waals surface area contributed by atoms with Gasteiger partial charge in [-0.25, -0.2) is 0 Å². The highest BCUT2D eigenvalue weighted by Crippen LogP contribution is 2.28. The van der Waals surface area contributed by atoms with Crippen LogP contribution in [0.4, 0.5) is 0 Å². The maximum absolute atomic E-state index is 13.0. The van der Waals surface area contributed by atoms with Crippen LogP contribution in [0.15, 0.2) is 6.07 Å². The summed E-state index contributed by atoms with van der Waals surface area (Å²) in [5.74, 6) is 0.0632. The second-order valence-corrected chi connectivity index (χ2v) is 6.68. The molecule has 2 atom stereocenters. The van der Waals surface area contributed by atoms with Crippen LogP contribution in [0.2, 0.25) is 0 Å². The van der Waals surface area contributed by atoms with Gasteiger partial charge in [-0.15, -0.1) is 0 Å². The molecule has 7 heteroatoms. The molecule has 0 spiro atoms. The van der Waals surface area contributed by atoms with Crippen molar-refractivity contribution in [1.29, 1.82) is 0 Å². The van der Waals surface area contributed by atoms with Crippen molar-refractivity contribution in [2.75, 3.05) is 33.4 Å². The Morgan fingerprint density at radius 3 is 2.92 bits per heavy atom. The van der Waals surface area contributed by atoms with Gasteiger partial charge in [-0.1, -0.05) is 0 Å². The van der Waals surface area contributed by atoms with Gasteiger partial charge >= 0.3 is 0 Å². The van der Waals surface area contributed by atoms with Crippen LogP contribution < -0.4 is 0 Å². The topological polar surface area (TPSA) is 67.7 Å². The first kappa shape index (κ1) is 17.0. The summed E-state index contributed by atoms with van der Waals surface area (Å²) >= 11 is 0. The normalized spacial score (nSPS) is 23.7. The summed E-state index contributed by atoms with van der Waals surface area (Å²) in [6.45, 7) is 6.68. The fourth-order valence-corrected chi connectivity index (χ4v) is 3.67. The van der Waals surface area contributed by atoms with Gasteiger partial charge in [0.2, 0.25) is 5.91 Å². The summed E-state index contributed by atoms with van der Waals surface area (Å²) in [4.78, 5) is 29.0. The minimum atomic E-state index is -0.0707. The van der Waals surface area contributed by atoms with E-state index in [-0.39, 0.29) is 23.8 Å². The third kappa shape index (κ3) is 3.17. The van der Waals surface area contributed by atoms with Gasteiger partial charge in [0.05, 0.1) is 24.8 Å². The summed E-state index contributed by atoms with van der Waals surface area (Å²) in [7, 11) is 1.85. The van der Waals surface area contributed by atoms with Gasteiger partial charge in [0.25, 0.3) is 5.91 Å². The Balaban J connectivity index is 1.78. The fourth-order valence-electron chi connectivity index (χ4n) is 3.67. The standard InChI is InChI=1S/C17H26N4O3/c1-4-24-8-7-21-15(9-12(2)18-21)17(23)20-10-13-5-6-14(11-20)19(3)16(13)22/h9,13-14H,4-8,10-11H2,1-3H3/t13-,14+/m1/s1. The van der Waals surface area contributed by atoms with Crippen molar-refractivity contribution in [2.45, 2.75) is 39.3 Å². The second-order valence-electron chi connectivity index (χ2n) is 6.68. The Kier molecular flexibility index (Phi) is 4.89. The van der Waals surface area contributed by atoms with Crippen LogP contribution in [-0.4, -0.2) is 70.8 Å². The average Bonchev–Trinajstić information content (AvgIpc) is 2.74. The molecule has 0 N–H and O–H groups in total. The second kappa shape index (κ2) is 6.93. The van der Waals surface area contributed by atoms with Crippen LogP contribution in [0, 0.1) is 12.8 Å². The lowest BCUT2D eigenvalue weighted by molar-refractivity contribution is -0.138. The molecule has 132 valence electrons. The monoisotopic (exact) mass is 334 g/mol. The minimum absolute atomic E-state index is 0.0351. The van der Waals surface area contributed by atoms with Gasteiger partial charge in [0.1, 0.15) is 5.69 Å². The van der Waals surface area contributed by atoms with E-state index in [2.05, 4.69) is 5.10 Å². The predicted octanol–water partition coefficient (Wildman–Crippen LogP) is 0.921. The highest BCUT2D eigenvalue weighted by molar-refractivity contribution is 5.93. The molecule has 2 bridgehead atoms. The SMILES string of the molecule is CCOCCn1nc(C)cc1C(=O)N1C[C@H]2CC[C@@H](C1)N(C)C2=O. The maximum atomic E-state index is 13.0. The Morgan fingerprint density at radius 2 is 2.17 bits per heavy atom. The zero-order valence-electron chi connectivity index (χ0n) is 14.7. The van der Waals surface area contributed by atoms with Gasteiger partial charge in [-0.2, -0.15) is 5.10 Å². The highest BCUT2D eigenvalue weighted by Gasteiger charge is 2.40. The molecule has 4 heterocycles. The van der Waals surface area contributed by atoms with E-state index in [1.165, 1.54) is 0 Å². The van der Waals surface area contributed by atoms with E-state index in [0.29, 0.717) is 38.5 Å². The molecule has 3 aliphatic rings. The number of carbonyl (C=O) groups is 2. The van der Waals surface area contributed by atoms with E-state index in [1.54, 1.807) is 4.68 Å². The highest BCUT2D eigenvalue weighted by atomic mass is 16.5. The molecule has 0 aliphatic carbocycles. The van der Waals surface area contributed by atoms with Crippen molar-refractivity contribution in [3.63, 3.8) is 0 Å². The van der Waals surface area contributed by atoms with Crippen LogP contribution in [0.3, 0.4) is 0 Å². The number of aromatic nitrogens is 2. The van der Waals surface area contributed by atoms with Crippen molar-refractivity contribution in [3.05, 3.63) is 17.5 Å². The molecular weight excluding hydrogens is 308 g/mol. The Hall–Kier alpha value is -1.89. The maximum Gasteiger partial charge on any atom is 0.272 e. The molecule has 4 rings (SSSR count). The molecule has 3 fully saturated rings. The lowest BCUT2D eigenvalue weighted by atomic mass is 9.95. The third-order valence-corrected chi connectivity index (χ3v) is 5.02. The fraction of sp³-hybridized carbons (Fsp3) is 0.706. The van der Waals surface area contributed by atoms with E-state index < -0.39 is 0 Å². The van der Waals surface area contributed by atoms with E-state index in [9.17, 15) is 9.59 Å².